The van der Waals surface area contributed by atoms with Crippen molar-refractivity contribution in [2.45, 2.75) is 52.1 Å². The number of anilines is 1. The molecule has 4 heteroatoms. The van der Waals surface area contributed by atoms with Gasteiger partial charge in [0.2, 0.25) is 0 Å². The van der Waals surface area contributed by atoms with Gasteiger partial charge in [-0.25, -0.2) is 4.98 Å². The van der Waals surface area contributed by atoms with Crippen LogP contribution in [0.4, 0.5) is 5.82 Å². The highest BCUT2D eigenvalue weighted by Gasteiger charge is 2.25. The monoisotopic (exact) mass is 235 g/mol. The van der Waals surface area contributed by atoms with Gasteiger partial charge in [0, 0.05) is 24.5 Å². The molecule has 1 N–H and O–H groups in total. The summed E-state index contributed by atoms with van der Waals surface area (Å²) in [6.07, 6.45) is 6.83. The fourth-order valence-electron chi connectivity index (χ4n) is 1.88. The summed E-state index contributed by atoms with van der Waals surface area (Å²) >= 11 is 0. The Morgan fingerprint density at radius 2 is 2.24 bits per heavy atom. The summed E-state index contributed by atoms with van der Waals surface area (Å²) in [5.41, 5.74) is 0.0187. The molecule has 2 atom stereocenters. The zero-order chi connectivity index (χ0) is 12.4. The number of hydrogen-bond donors (Lipinski definition) is 1. The third-order valence-electron chi connectivity index (χ3n) is 3.67. The normalized spacial score (nSPS) is 18.8. The summed E-state index contributed by atoms with van der Waals surface area (Å²) in [4.78, 5) is 16.3. The van der Waals surface area contributed by atoms with Crippen molar-refractivity contribution < 1.29 is 0 Å². The fraction of sp³-hybridized carbons (Fsp3) is 0.692. The maximum atomic E-state index is 12.1. The predicted molar refractivity (Wildman–Crippen MR) is 69.3 cm³/mol. The van der Waals surface area contributed by atoms with Crippen LogP contribution in [0.2, 0.25) is 0 Å². The Kier molecular flexibility index (Phi) is 3.50. The van der Waals surface area contributed by atoms with E-state index in [1.54, 1.807) is 17.0 Å². The maximum absolute atomic E-state index is 12.1. The smallest absolute Gasteiger partial charge is 0.293 e. The van der Waals surface area contributed by atoms with Gasteiger partial charge in [-0.2, -0.15) is 0 Å². The molecular formula is C13H21N3O. The van der Waals surface area contributed by atoms with Crippen LogP contribution in [0.25, 0.3) is 0 Å². The quantitative estimate of drug-likeness (QED) is 0.852. The first-order valence-electron chi connectivity index (χ1n) is 6.47. The lowest BCUT2D eigenvalue weighted by Gasteiger charge is -2.20. The molecule has 0 aromatic carbocycles. The van der Waals surface area contributed by atoms with Crippen molar-refractivity contribution in [3.05, 3.63) is 22.7 Å². The molecule has 1 fully saturated rings. The molecule has 0 bridgehead atoms. The van der Waals surface area contributed by atoms with E-state index in [-0.39, 0.29) is 11.6 Å². The zero-order valence-electron chi connectivity index (χ0n) is 10.8. The molecule has 1 heterocycles. The molecule has 0 aliphatic heterocycles. The van der Waals surface area contributed by atoms with Crippen molar-refractivity contribution in [3.63, 3.8) is 0 Å². The lowest BCUT2D eigenvalue weighted by atomic mass is 10.0. The Balaban J connectivity index is 2.16. The van der Waals surface area contributed by atoms with Gasteiger partial charge in [-0.1, -0.05) is 20.3 Å². The summed E-state index contributed by atoms with van der Waals surface area (Å²) in [5, 5.41) is 3.24. The van der Waals surface area contributed by atoms with E-state index in [9.17, 15) is 4.79 Å². The van der Waals surface area contributed by atoms with Crippen molar-refractivity contribution in [3.8, 4) is 0 Å². The van der Waals surface area contributed by atoms with Crippen LogP contribution in [-0.2, 0) is 0 Å². The summed E-state index contributed by atoms with van der Waals surface area (Å²) in [6, 6.07) is 0.681. The molecule has 0 saturated heterocycles. The van der Waals surface area contributed by atoms with E-state index in [0.717, 1.165) is 19.3 Å². The second kappa shape index (κ2) is 4.90. The van der Waals surface area contributed by atoms with Crippen LogP contribution in [-0.4, -0.2) is 15.6 Å². The first kappa shape index (κ1) is 12.1. The van der Waals surface area contributed by atoms with Crippen LogP contribution < -0.4 is 10.9 Å². The molecule has 0 radical (unpaired) electrons. The summed E-state index contributed by atoms with van der Waals surface area (Å²) in [6.45, 7) is 6.44. The Morgan fingerprint density at radius 1 is 1.53 bits per heavy atom. The molecule has 0 spiro atoms. The van der Waals surface area contributed by atoms with E-state index in [2.05, 4.69) is 31.1 Å². The van der Waals surface area contributed by atoms with Crippen molar-refractivity contribution >= 4 is 5.82 Å². The zero-order valence-corrected chi connectivity index (χ0v) is 10.8. The molecule has 4 nitrogen and oxygen atoms in total. The van der Waals surface area contributed by atoms with Gasteiger partial charge in [0.1, 0.15) is 0 Å². The highest BCUT2D eigenvalue weighted by atomic mass is 16.1. The molecule has 94 valence electrons. The SMILES string of the molecule is CCC(C)C(C)Nc1nccn(C2CC2)c1=O. The number of nitrogens with zero attached hydrogens (tertiary/aromatic N) is 2. The topological polar surface area (TPSA) is 46.9 Å². The van der Waals surface area contributed by atoms with Gasteiger partial charge in [0.05, 0.1) is 0 Å². The molecule has 0 amide bonds. The average Bonchev–Trinajstić information content (AvgIpc) is 3.14. The van der Waals surface area contributed by atoms with Crippen LogP contribution in [0.5, 0.6) is 0 Å². The minimum atomic E-state index is 0.0187. The molecule has 1 aromatic heterocycles. The number of aromatic nitrogens is 2. The van der Waals surface area contributed by atoms with Crippen molar-refractivity contribution in [2.75, 3.05) is 5.32 Å². The van der Waals surface area contributed by atoms with Crippen molar-refractivity contribution in [1.82, 2.24) is 9.55 Å². The first-order valence-corrected chi connectivity index (χ1v) is 6.47. The molecule has 2 unspecified atom stereocenters. The number of rotatable bonds is 5. The molecule has 1 aliphatic carbocycles. The predicted octanol–water partition coefficient (Wildman–Crippen LogP) is 2.42. The fourth-order valence-corrected chi connectivity index (χ4v) is 1.88. The van der Waals surface area contributed by atoms with Gasteiger partial charge in [-0.15, -0.1) is 0 Å². The number of nitrogens with one attached hydrogen (secondary N) is 1. The van der Waals surface area contributed by atoms with Crippen LogP contribution >= 0.6 is 0 Å². The van der Waals surface area contributed by atoms with Gasteiger partial charge in [-0.05, 0) is 25.7 Å². The Labute approximate surface area is 102 Å². The molecule has 2 rings (SSSR count). The van der Waals surface area contributed by atoms with Crippen molar-refractivity contribution in [1.29, 1.82) is 0 Å². The largest absolute Gasteiger partial charge is 0.363 e. The van der Waals surface area contributed by atoms with Gasteiger partial charge in [-0.3, -0.25) is 4.79 Å². The standard InChI is InChI=1S/C13H21N3O/c1-4-9(2)10(3)15-12-13(17)16(8-7-14-12)11-5-6-11/h7-11H,4-6H2,1-3H3,(H,14,15). The highest BCUT2D eigenvalue weighted by Crippen LogP contribution is 2.33. The lowest BCUT2D eigenvalue weighted by Crippen LogP contribution is -2.30. The second-order valence-electron chi connectivity index (χ2n) is 5.04. The van der Waals surface area contributed by atoms with Gasteiger partial charge in [0.25, 0.3) is 5.56 Å². The van der Waals surface area contributed by atoms with E-state index in [4.69, 9.17) is 0 Å². The van der Waals surface area contributed by atoms with E-state index in [0.29, 0.717) is 17.8 Å². The highest BCUT2D eigenvalue weighted by molar-refractivity contribution is 5.32. The summed E-state index contributed by atoms with van der Waals surface area (Å²) in [7, 11) is 0. The van der Waals surface area contributed by atoms with Crippen molar-refractivity contribution in [2.24, 2.45) is 5.92 Å². The van der Waals surface area contributed by atoms with Crippen LogP contribution in [0, 0.1) is 5.92 Å². The van der Waals surface area contributed by atoms with E-state index < -0.39 is 0 Å². The van der Waals surface area contributed by atoms with E-state index in [1.807, 2.05) is 0 Å². The third-order valence-corrected chi connectivity index (χ3v) is 3.67. The molecular weight excluding hydrogens is 214 g/mol. The Morgan fingerprint density at radius 3 is 2.82 bits per heavy atom. The molecule has 1 saturated carbocycles. The van der Waals surface area contributed by atoms with Crippen LogP contribution in [0.3, 0.4) is 0 Å². The Hall–Kier alpha value is -1.32. The van der Waals surface area contributed by atoms with Gasteiger partial charge in [0.15, 0.2) is 5.82 Å². The maximum Gasteiger partial charge on any atom is 0.293 e. The lowest BCUT2D eigenvalue weighted by molar-refractivity contribution is 0.492. The third kappa shape index (κ3) is 2.68. The van der Waals surface area contributed by atoms with Gasteiger partial charge >= 0.3 is 0 Å². The molecule has 1 aromatic rings. The minimum absolute atomic E-state index is 0.0187. The van der Waals surface area contributed by atoms with E-state index in [1.165, 1.54) is 0 Å². The minimum Gasteiger partial charge on any atom is -0.363 e. The van der Waals surface area contributed by atoms with Crippen LogP contribution in [0.15, 0.2) is 17.2 Å². The molecule has 1 aliphatic rings. The van der Waals surface area contributed by atoms with Gasteiger partial charge < -0.3 is 9.88 Å². The number of hydrogen-bond acceptors (Lipinski definition) is 3. The van der Waals surface area contributed by atoms with E-state index >= 15 is 0 Å². The Bertz CT molecular complexity index is 437. The average molecular weight is 235 g/mol. The summed E-state index contributed by atoms with van der Waals surface area (Å²) < 4.78 is 1.80. The molecule has 17 heavy (non-hydrogen) atoms. The second-order valence-corrected chi connectivity index (χ2v) is 5.04. The first-order chi connectivity index (χ1) is 8.13. The summed E-state index contributed by atoms with van der Waals surface area (Å²) in [5.74, 6) is 1.03. The van der Waals surface area contributed by atoms with Crippen LogP contribution in [0.1, 0.15) is 46.1 Å².